The van der Waals surface area contributed by atoms with Gasteiger partial charge in [0.05, 0.1) is 7.11 Å². The summed E-state index contributed by atoms with van der Waals surface area (Å²) in [5, 5.41) is 3.34. The number of hydrogen-bond donors (Lipinski definition) is 1. The van der Waals surface area contributed by atoms with E-state index in [1.54, 1.807) is 56.5 Å². The van der Waals surface area contributed by atoms with Crippen molar-refractivity contribution >= 4 is 23.2 Å². The molecule has 0 bridgehead atoms. The van der Waals surface area contributed by atoms with Gasteiger partial charge in [-0.2, -0.15) is 0 Å². The first-order valence-corrected chi connectivity index (χ1v) is 6.83. The largest absolute Gasteiger partial charge is 0.497 e. The molecule has 21 heavy (non-hydrogen) atoms. The van der Waals surface area contributed by atoms with Crippen LogP contribution in [0, 0.1) is 0 Å². The molecule has 5 heteroatoms. The topological polar surface area (TPSA) is 47.6 Å². The maximum Gasteiger partial charge on any atom is 0.265 e. The van der Waals surface area contributed by atoms with Gasteiger partial charge in [0.2, 0.25) is 0 Å². The van der Waals surface area contributed by atoms with Crippen molar-refractivity contribution in [2.24, 2.45) is 0 Å². The lowest BCUT2D eigenvalue weighted by Crippen LogP contribution is -2.30. The minimum Gasteiger partial charge on any atom is -0.497 e. The molecule has 1 amide bonds. The molecular weight excluding hydrogens is 290 g/mol. The molecule has 1 unspecified atom stereocenters. The summed E-state index contributed by atoms with van der Waals surface area (Å²) in [6.07, 6.45) is -0.644. The van der Waals surface area contributed by atoms with Gasteiger partial charge in [-0.25, -0.2) is 0 Å². The number of halogens is 1. The van der Waals surface area contributed by atoms with Crippen LogP contribution in [0.5, 0.6) is 11.5 Å². The van der Waals surface area contributed by atoms with Crippen LogP contribution in [0.4, 0.5) is 5.69 Å². The van der Waals surface area contributed by atoms with E-state index in [0.29, 0.717) is 22.2 Å². The SMILES string of the molecule is COc1cccc(NC(=O)C(C)Oc2cccc(Cl)c2)c1. The molecule has 0 aliphatic rings. The molecule has 2 aromatic carbocycles. The average Bonchev–Trinajstić information content (AvgIpc) is 2.47. The molecule has 2 rings (SSSR count). The molecule has 4 nitrogen and oxygen atoms in total. The lowest BCUT2D eigenvalue weighted by Gasteiger charge is -2.15. The second-order valence-electron chi connectivity index (χ2n) is 4.44. The molecule has 1 N–H and O–H groups in total. The van der Waals surface area contributed by atoms with Gasteiger partial charge in [0, 0.05) is 16.8 Å². The predicted molar refractivity (Wildman–Crippen MR) is 83.2 cm³/mol. The van der Waals surface area contributed by atoms with Crippen LogP contribution in [0.2, 0.25) is 5.02 Å². The van der Waals surface area contributed by atoms with Gasteiger partial charge in [0.1, 0.15) is 11.5 Å². The maximum absolute atomic E-state index is 12.1. The number of hydrogen-bond acceptors (Lipinski definition) is 3. The Morgan fingerprint density at radius 2 is 1.86 bits per heavy atom. The lowest BCUT2D eigenvalue weighted by molar-refractivity contribution is -0.122. The van der Waals surface area contributed by atoms with E-state index in [1.807, 2.05) is 6.07 Å². The first-order valence-electron chi connectivity index (χ1n) is 6.45. The molecular formula is C16H16ClNO3. The highest BCUT2D eigenvalue weighted by Crippen LogP contribution is 2.20. The Morgan fingerprint density at radius 1 is 1.14 bits per heavy atom. The number of ether oxygens (including phenoxy) is 2. The maximum atomic E-state index is 12.1. The number of anilines is 1. The van der Waals surface area contributed by atoms with Crippen LogP contribution in [-0.2, 0) is 4.79 Å². The highest BCUT2D eigenvalue weighted by atomic mass is 35.5. The van der Waals surface area contributed by atoms with E-state index < -0.39 is 6.10 Å². The molecule has 0 heterocycles. The summed E-state index contributed by atoms with van der Waals surface area (Å²) in [5.41, 5.74) is 0.654. The highest BCUT2D eigenvalue weighted by molar-refractivity contribution is 6.30. The second kappa shape index (κ2) is 6.99. The Bertz CT molecular complexity index is 630. The lowest BCUT2D eigenvalue weighted by atomic mass is 10.2. The Hall–Kier alpha value is -2.20. The Balaban J connectivity index is 1.99. The molecule has 110 valence electrons. The smallest absolute Gasteiger partial charge is 0.265 e. The van der Waals surface area contributed by atoms with E-state index in [9.17, 15) is 4.79 Å². The second-order valence-corrected chi connectivity index (χ2v) is 4.88. The normalized spacial score (nSPS) is 11.6. The molecule has 0 saturated carbocycles. The van der Waals surface area contributed by atoms with E-state index >= 15 is 0 Å². The van der Waals surface area contributed by atoms with Crippen molar-refractivity contribution in [3.05, 3.63) is 53.6 Å². The van der Waals surface area contributed by atoms with Crippen LogP contribution in [0.3, 0.4) is 0 Å². The van der Waals surface area contributed by atoms with Gasteiger partial charge < -0.3 is 14.8 Å². The number of carbonyl (C=O) groups excluding carboxylic acids is 1. The monoisotopic (exact) mass is 305 g/mol. The molecule has 0 fully saturated rings. The van der Waals surface area contributed by atoms with Crippen molar-refractivity contribution in [1.29, 1.82) is 0 Å². The molecule has 0 aliphatic heterocycles. The first-order chi connectivity index (χ1) is 10.1. The van der Waals surface area contributed by atoms with E-state index in [-0.39, 0.29) is 5.91 Å². The van der Waals surface area contributed by atoms with Gasteiger partial charge in [-0.1, -0.05) is 23.7 Å². The van der Waals surface area contributed by atoms with Crippen molar-refractivity contribution in [3.63, 3.8) is 0 Å². The minimum absolute atomic E-state index is 0.247. The standard InChI is InChI=1S/C16H16ClNO3/c1-11(21-15-8-3-5-12(17)9-15)16(19)18-13-6-4-7-14(10-13)20-2/h3-11H,1-2H3,(H,18,19). The summed E-state index contributed by atoms with van der Waals surface area (Å²) in [6, 6.07) is 14.1. The van der Waals surface area contributed by atoms with Gasteiger partial charge in [-0.3, -0.25) is 4.79 Å². The van der Waals surface area contributed by atoms with Crippen molar-refractivity contribution in [1.82, 2.24) is 0 Å². The summed E-state index contributed by atoms with van der Waals surface area (Å²) in [4.78, 5) is 12.1. The summed E-state index contributed by atoms with van der Waals surface area (Å²) in [7, 11) is 1.58. The van der Waals surface area contributed by atoms with Gasteiger partial charge in [0.15, 0.2) is 6.10 Å². The summed E-state index contributed by atoms with van der Waals surface area (Å²) in [5.74, 6) is 0.982. The Labute approximate surface area is 128 Å². The van der Waals surface area contributed by atoms with E-state index in [4.69, 9.17) is 21.1 Å². The number of rotatable bonds is 5. The van der Waals surface area contributed by atoms with Crippen LogP contribution in [0.15, 0.2) is 48.5 Å². The van der Waals surface area contributed by atoms with Crippen LogP contribution >= 0.6 is 11.6 Å². The van der Waals surface area contributed by atoms with Gasteiger partial charge in [-0.05, 0) is 37.3 Å². The van der Waals surface area contributed by atoms with Gasteiger partial charge in [-0.15, -0.1) is 0 Å². The third kappa shape index (κ3) is 4.39. The zero-order valence-corrected chi connectivity index (χ0v) is 12.6. The predicted octanol–water partition coefficient (Wildman–Crippen LogP) is 3.75. The quantitative estimate of drug-likeness (QED) is 0.915. The van der Waals surface area contributed by atoms with Gasteiger partial charge >= 0.3 is 0 Å². The molecule has 0 radical (unpaired) electrons. The fourth-order valence-corrected chi connectivity index (χ4v) is 1.92. The fraction of sp³-hybridized carbons (Fsp3) is 0.188. The molecule has 0 aromatic heterocycles. The number of nitrogens with one attached hydrogen (secondary N) is 1. The Morgan fingerprint density at radius 3 is 2.57 bits per heavy atom. The minimum atomic E-state index is -0.644. The van der Waals surface area contributed by atoms with E-state index in [1.165, 1.54) is 0 Å². The Kier molecular flexibility index (Phi) is 5.06. The third-order valence-corrected chi connectivity index (χ3v) is 3.05. The molecule has 0 aliphatic carbocycles. The van der Waals surface area contributed by atoms with Crippen molar-refractivity contribution in [2.45, 2.75) is 13.0 Å². The van der Waals surface area contributed by atoms with Crippen LogP contribution in [-0.4, -0.2) is 19.1 Å². The summed E-state index contributed by atoms with van der Waals surface area (Å²) >= 11 is 5.88. The van der Waals surface area contributed by atoms with Gasteiger partial charge in [0.25, 0.3) is 5.91 Å². The fourth-order valence-electron chi connectivity index (χ4n) is 1.74. The summed E-state index contributed by atoms with van der Waals surface area (Å²) in [6.45, 7) is 1.68. The van der Waals surface area contributed by atoms with Crippen LogP contribution in [0.25, 0.3) is 0 Å². The number of carbonyl (C=O) groups is 1. The van der Waals surface area contributed by atoms with E-state index in [2.05, 4.69) is 5.32 Å². The summed E-state index contributed by atoms with van der Waals surface area (Å²) < 4.78 is 10.7. The molecule has 2 aromatic rings. The average molecular weight is 306 g/mol. The van der Waals surface area contributed by atoms with Crippen LogP contribution < -0.4 is 14.8 Å². The van der Waals surface area contributed by atoms with Crippen molar-refractivity contribution in [3.8, 4) is 11.5 Å². The van der Waals surface area contributed by atoms with E-state index in [0.717, 1.165) is 0 Å². The number of amides is 1. The van der Waals surface area contributed by atoms with Crippen molar-refractivity contribution in [2.75, 3.05) is 12.4 Å². The molecule has 0 spiro atoms. The van der Waals surface area contributed by atoms with Crippen molar-refractivity contribution < 1.29 is 14.3 Å². The first kappa shape index (κ1) is 15.2. The number of methoxy groups -OCH3 is 1. The third-order valence-electron chi connectivity index (χ3n) is 2.82. The number of benzene rings is 2. The zero-order valence-electron chi connectivity index (χ0n) is 11.8. The zero-order chi connectivity index (χ0) is 15.2. The molecule has 0 saturated heterocycles. The van der Waals surface area contributed by atoms with Crippen LogP contribution in [0.1, 0.15) is 6.92 Å². The molecule has 1 atom stereocenters. The highest BCUT2D eigenvalue weighted by Gasteiger charge is 2.15.